The summed E-state index contributed by atoms with van der Waals surface area (Å²) in [5.41, 5.74) is 9.32. The van der Waals surface area contributed by atoms with E-state index in [4.69, 9.17) is 5.73 Å². The Kier molecular flexibility index (Phi) is 5.15. The molecular weight excluding hydrogens is 328 g/mol. The van der Waals surface area contributed by atoms with Crippen LogP contribution in [0.4, 0.5) is 0 Å². The summed E-state index contributed by atoms with van der Waals surface area (Å²) in [5.74, 6) is -0.388. The van der Waals surface area contributed by atoms with Crippen molar-refractivity contribution in [3.05, 3.63) is 69.2 Å². The lowest BCUT2D eigenvalue weighted by Crippen LogP contribution is -2.19. The predicted octanol–water partition coefficient (Wildman–Crippen LogP) is 3.71. The summed E-state index contributed by atoms with van der Waals surface area (Å²) < 4.78 is 1.08. The summed E-state index contributed by atoms with van der Waals surface area (Å²) in [5, 5.41) is 3.49. The standard InChI is InChI=1S/C17H19BrN2O/c1-11-9-14(17(19)21)3-4-15(11)10-20-12(2)13-5-7-16(18)8-6-13/h3-9,12,20H,10H2,1-2H3,(H2,19,21)/t12-/m0/s1. The monoisotopic (exact) mass is 346 g/mol. The highest BCUT2D eigenvalue weighted by atomic mass is 79.9. The van der Waals surface area contributed by atoms with Crippen LogP contribution < -0.4 is 11.1 Å². The van der Waals surface area contributed by atoms with Crippen molar-refractivity contribution >= 4 is 21.8 Å². The highest BCUT2D eigenvalue weighted by Gasteiger charge is 2.07. The maximum atomic E-state index is 11.1. The molecule has 3 nitrogen and oxygen atoms in total. The molecule has 21 heavy (non-hydrogen) atoms. The third-order valence-electron chi connectivity index (χ3n) is 3.60. The fourth-order valence-corrected chi connectivity index (χ4v) is 2.44. The fourth-order valence-electron chi connectivity index (χ4n) is 2.18. The number of amides is 1. The van der Waals surface area contributed by atoms with Crippen LogP contribution in [0.1, 0.15) is 40.0 Å². The quantitative estimate of drug-likeness (QED) is 0.866. The second-order valence-electron chi connectivity index (χ2n) is 5.16. The Labute approximate surface area is 133 Å². The molecular formula is C17H19BrN2O. The zero-order valence-electron chi connectivity index (χ0n) is 12.2. The number of nitrogens with two attached hydrogens (primary N) is 1. The number of carbonyl (C=O) groups is 1. The molecule has 3 N–H and O–H groups in total. The first-order chi connectivity index (χ1) is 9.97. The van der Waals surface area contributed by atoms with Gasteiger partial charge in [-0.3, -0.25) is 4.79 Å². The molecule has 0 saturated heterocycles. The number of benzene rings is 2. The van der Waals surface area contributed by atoms with E-state index in [0.717, 1.165) is 16.6 Å². The van der Waals surface area contributed by atoms with Gasteiger partial charge in [-0.15, -0.1) is 0 Å². The van der Waals surface area contributed by atoms with Crippen molar-refractivity contribution in [1.29, 1.82) is 0 Å². The average Bonchev–Trinajstić information content (AvgIpc) is 2.46. The number of carbonyl (C=O) groups excluding carboxylic acids is 1. The summed E-state index contributed by atoms with van der Waals surface area (Å²) in [4.78, 5) is 11.1. The largest absolute Gasteiger partial charge is 0.366 e. The van der Waals surface area contributed by atoms with Gasteiger partial charge in [0.25, 0.3) is 0 Å². The molecule has 1 atom stereocenters. The van der Waals surface area contributed by atoms with Gasteiger partial charge in [-0.05, 0) is 54.8 Å². The Morgan fingerprint density at radius 2 is 1.90 bits per heavy atom. The summed E-state index contributed by atoms with van der Waals surface area (Å²) in [7, 11) is 0. The van der Waals surface area contributed by atoms with Crippen molar-refractivity contribution in [3.8, 4) is 0 Å². The molecule has 2 aromatic rings. The molecule has 0 aliphatic rings. The van der Waals surface area contributed by atoms with Crippen LogP contribution in [-0.2, 0) is 6.54 Å². The van der Waals surface area contributed by atoms with E-state index < -0.39 is 0 Å². The van der Waals surface area contributed by atoms with Gasteiger partial charge in [0.2, 0.25) is 5.91 Å². The van der Waals surface area contributed by atoms with E-state index in [1.807, 2.05) is 31.2 Å². The second-order valence-corrected chi connectivity index (χ2v) is 6.08. The molecule has 0 fully saturated rings. The highest BCUT2D eigenvalue weighted by molar-refractivity contribution is 9.10. The smallest absolute Gasteiger partial charge is 0.248 e. The first kappa shape index (κ1) is 15.7. The number of aryl methyl sites for hydroxylation is 1. The van der Waals surface area contributed by atoms with E-state index in [1.54, 1.807) is 6.07 Å². The van der Waals surface area contributed by atoms with Gasteiger partial charge in [0.05, 0.1) is 0 Å². The lowest BCUT2D eigenvalue weighted by molar-refractivity contribution is 0.1000. The van der Waals surface area contributed by atoms with Gasteiger partial charge in [0, 0.05) is 22.6 Å². The number of primary amides is 1. The highest BCUT2D eigenvalue weighted by Crippen LogP contribution is 2.18. The van der Waals surface area contributed by atoms with Gasteiger partial charge in [0.1, 0.15) is 0 Å². The van der Waals surface area contributed by atoms with Gasteiger partial charge in [-0.1, -0.05) is 34.1 Å². The minimum Gasteiger partial charge on any atom is -0.366 e. The number of nitrogens with one attached hydrogen (secondary N) is 1. The Morgan fingerprint density at radius 1 is 1.24 bits per heavy atom. The van der Waals surface area contributed by atoms with E-state index in [2.05, 4.69) is 40.3 Å². The molecule has 2 aromatic carbocycles. The lowest BCUT2D eigenvalue weighted by Gasteiger charge is -2.16. The number of hydrogen-bond donors (Lipinski definition) is 2. The van der Waals surface area contributed by atoms with Crippen LogP contribution in [0.2, 0.25) is 0 Å². The minimum absolute atomic E-state index is 0.258. The van der Waals surface area contributed by atoms with Crippen LogP contribution in [0.3, 0.4) is 0 Å². The average molecular weight is 347 g/mol. The van der Waals surface area contributed by atoms with Crippen molar-refractivity contribution in [2.45, 2.75) is 26.4 Å². The normalized spacial score (nSPS) is 12.1. The van der Waals surface area contributed by atoms with Crippen LogP contribution in [-0.4, -0.2) is 5.91 Å². The molecule has 0 heterocycles. The van der Waals surface area contributed by atoms with Crippen LogP contribution in [0.25, 0.3) is 0 Å². The van der Waals surface area contributed by atoms with Gasteiger partial charge in [-0.25, -0.2) is 0 Å². The fraction of sp³-hybridized carbons (Fsp3) is 0.235. The van der Waals surface area contributed by atoms with Crippen LogP contribution in [0.15, 0.2) is 46.9 Å². The van der Waals surface area contributed by atoms with Gasteiger partial charge in [-0.2, -0.15) is 0 Å². The van der Waals surface area contributed by atoms with E-state index in [-0.39, 0.29) is 11.9 Å². The molecule has 0 aromatic heterocycles. The van der Waals surface area contributed by atoms with Crippen molar-refractivity contribution < 1.29 is 4.79 Å². The minimum atomic E-state index is -0.388. The molecule has 0 unspecified atom stereocenters. The molecule has 110 valence electrons. The SMILES string of the molecule is Cc1cc(C(N)=O)ccc1CN[C@@H](C)c1ccc(Br)cc1. The predicted molar refractivity (Wildman–Crippen MR) is 89.1 cm³/mol. The van der Waals surface area contributed by atoms with Crippen molar-refractivity contribution in [3.63, 3.8) is 0 Å². The van der Waals surface area contributed by atoms with E-state index in [9.17, 15) is 4.79 Å². The first-order valence-corrected chi connectivity index (χ1v) is 7.65. The first-order valence-electron chi connectivity index (χ1n) is 6.85. The molecule has 0 spiro atoms. The van der Waals surface area contributed by atoms with E-state index in [1.165, 1.54) is 11.1 Å². The Balaban J connectivity index is 2.02. The maximum absolute atomic E-state index is 11.1. The summed E-state index contributed by atoms with van der Waals surface area (Å²) in [6, 6.07) is 14.1. The maximum Gasteiger partial charge on any atom is 0.248 e. The lowest BCUT2D eigenvalue weighted by atomic mass is 10.0. The molecule has 2 rings (SSSR count). The van der Waals surface area contributed by atoms with Gasteiger partial charge < -0.3 is 11.1 Å². The molecule has 0 radical (unpaired) electrons. The molecule has 1 amide bonds. The topological polar surface area (TPSA) is 55.1 Å². The Bertz CT molecular complexity index is 638. The van der Waals surface area contributed by atoms with Crippen LogP contribution in [0, 0.1) is 6.92 Å². The summed E-state index contributed by atoms with van der Waals surface area (Å²) in [6.45, 7) is 4.88. The number of halogens is 1. The number of rotatable bonds is 5. The molecule has 0 bridgehead atoms. The molecule has 0 saturated carbocycles. The molecule has 0 aliphatic carbocycles. The molecule has 4 heteroatoms. The van der Waals surface area contributed by atoms with Crippen molar-refractivity contribution in [1.82, 2.24) is 5.32 Å². The van der Waals surface area contributed by atoms with Gasteiger partial charge in [0.15, 0.2) is 0 Å². The third kappa shape index (κ3) is 4.16. The van der Waals surface area contributed by atoms with Crippen LogP contribution in [0.5, 0.6) is 0 Å². The summed E-state index contributed by atoms with van der Waals surface area (Å²) >= 11 is 3.44. The van der Waals surface area contributed by atoms with E-state index >= 15 is 0 Å². The van der Waals surface area contributed by atoms with Crippen molar-refractivity contribution in [2.75, 3.05) is 0 Å². The zero-order chi connectivity index (χ0) is 15.4. The third-order valence-corrected chi connectivity index (χ3v) is 4.12. The van der Waals surface area contributed by atoms with Crippen LogP contribution >= 0.6 is 15.9 Å². The Morgan fingerprint density at radius 3 is 2.48 bits per heavy atom. The van der Waals surface area contributed by atoms with Crippen molar-refractivity contribution in [2.24, 2.45) is 5.73 Å². The zero-order valence-corrected chi connectivity index (χ0v) is 13.8. The van der Waals surface area contributed by atoms with Gasteiger partial charge >= 0.3 is 0 Å². The summed E-state index contributed by atoms with van der Waals surface area (Å²) in [6.07, 6.45) is 0. The number of hydrogen-bond acceptors (Lipinski definition) is 2. The second kappa shape index (κ2) is 6.87. The molecule has 0 aliphatic heterocycles. The Hall–Kier alpha value is -1.65. The van der Waals surface area contributed by atoms with E-state index in [0.29, 0.717) is 5.56 Å².